The predicted molar refractivity (Wildman–Crippen MR) is 102 cm³/mol. The van der Waals surface area contributed by atoms with E-state index < -0.39 is 11.6 Å². The summed E-state index contributed by atoms with van der Waals surface area (Å²) >= 11 is 0. The molecule has 2 aromatic rings. The number of halogens is 2. The van der Waals surface area contributed by atoms with Gasteiger partial charge in [0.1, 0.15) is 11.6 Å². The summed E-state index contributed by atoms with van der Waals surface area (Å²) in [4.78, 5) is 2.52. The number of benzene rings is 2. The van der Waals surface area contributed by atoms with Crippen LogP contribution in [0, 0.1) is 17.6 Å². The molecule has 144 valence electrons. The second kappa shape index (κ2) is 8.49. The van der Waals surface area contributed by atoms with Crippen LogP contribution in [0.1, 0.15) is 48.3 Å². The molecule has 1 aliphatic carbocycles. The maximum absolute atomic E-state index is 13.6. The molecule has 0 amide bonds. The summed E-state index contributed by atoms with van der Waals surface area (Å²) in [6, 6.07) is 12.7. The summed E-state index contributed by atoms with van der Waals surface area (Å²) < 4.78 is 32.2. The molecule has 4 heteroatoms. The average Bonchev–Trinajstić information content (AvgIpc) is 3.12. The van der Waals surface area contributed by atoms with Gasteiger partial charge in [-0.05, 0) is 67.8 Å². The number of hydrogen-bond donors (Lipinski definition) is 0. The first-order chi connectivity index (χ1) is 13.2. The van der Waals surface area contributed by atoms with Gasteiger partial charge in [-0.2, -0.15) is 0 Å². The van der Waals surface area contributed by atoms with Gasteiger partial charge in [0, 0.05) is 24.8 Å². The van der Waals surface area contributed by atoms with Crippen LogP contribution in [-0.2, 0) is 17.9 Å². The molecule has 0 spiro atoms. The molecule has 2 aromatic carbocycles. The van der Waals surface area contributed by atoms with Crippen molar-refractivity contribution in [1.82, 2.24) is 4.90 Å². The monoisotopic (exact) mass is 371 g/mol. The lowest BCUT2D eigenvalue weighted by Crippen LogP contribution is -2.26. The minimum absolute atomic E-state index is 0.207. The number of ether oxygens (including phenoxy) is 1. The van der Waals surface area contributed by atoms with Crippen LogP contribution in [0.4, 0.5) is 8.78 Å². The van der Waals surface area contributed by atoms with E-state index in [0.29, 0.717) is 24.0 Å². The van der Waals surface area contributed by atoms with Crippen molar-refractivity contribution in [3.63, 3.8) is 0 Å². The van der Waals surface area contributed by atoms with Crippen LogP contribution in [0.15, 0.2) is 42.5 Å². The molecule has 2 aliphatic rings. The molecule has 4 rings (SSSR count). The first-order valence-electron chi connectivity index (χ1n) is 10.0. The summed E-state index contributed by atoms with van der Waals surface area (Å²) in [5.41, 5.74) is 3.24. The van der Waals surface area contributed by atoms with Gasteiger partial charge in [0.25, 0.3) is 0 Å². The lowest BCUT2D eigenvalue weighted by Gasteiger charge is -2.35. The quantitative estimate of drug-likeness (QED) is 0.657. The van der Waals surface area contributed by atoms with Gasteiger partial charge >= 0.3 is 0 Å². The highest BCUT2D eigenvalue weighted by molar-refractivity contribution is 5.27. The van der Waals surface area contributed by atoms with Crippen LogP contribution in [0.2, 0.25) is 0 Å². The third kappa shape index (κ3) is 4.74. The van der Waals surface area contributed by atoms with Crippen LogP contribution in [0.5, 0.6) is 0 Å². The van der Waals surface area contributed by atoms with E-state index in [1.54, 1.807) is 0 Å². The summed E-state index contributed by atoms with van der Waals surface area (Å²) in [6.07, 6.45) is 4.91. The minimum atomic E-state index is -0.551. The average molecular weight is 371 g/mol. The van der Waals surface area contributed by atoms with Gasteiger partial charge in [-0.15, -0.1) is 0 Å². The fourth-order valence-electron chi connectivity index (χ4n) is 4.21. The fourth-order valence-corrected chi connectivity index (χ4v) is 4.21. The highest BCUT2D eigenvalue weighted by atomic mass is 19.1. The lowest BCUT2D eigenvalue weighted by molar-refractivity contribution is 0.0495. The van der Waals surface area contributed by atoms with Gasteiger partial charge in [-0.1, -0.05) is 30.3 Å². The maximum atomic E-state index is 13.6. The molecule has 1 aliphatic heterocycles. The van der Waals surface area contributed by atoms with Crippen LogP contribution < -0.4 is 0 Å². The summed E-state index contributed by atoms with van der Waals surface area (Å²) in [7, 11) is 0. The normalized spacial score (nSPS) is 22.7. The fraction of sp³-hybridized carbons (Fsp3) is 0.478. The molecule has 0 radical (unpaired) electrons. The lowest BCUT2D eigenvalue weighted by atomic mass is 9.72. The summed E-state index contributed by atoms with van der Waals surface area (Å²) in [6.45, 7) is 4.38. The van der Waals surface area contributed by atoms with Crippen molar-refractivity contribution in [2.24, 2.45) is 5.92 Å². The zero-order valence-corrected chi connectivity index (χ0v) is 15.7. The van der Waals surface area contributed by atoms with Crippen molar-refractivity contribution in [3.05, 3.63) is 70.8 Å². The van der Waals surface area contributed by atoms with E-state index in [4.69, 9.17) is 4.74 Å². The van der Waals surface area contributed by atoms with Crippen molar-refractivity contribution in [1.29, 1.82) is 0 Å². The molecule has 1 saturated carbocycles. The van der Waals surface area contributed by atoms with Gasteiger partial charge in [-0.3, -0.25) is 4.90 Å². The van der Waals surface area contributed by atoms with E-state index in [0.717, 1.165) is 25.5 Å². The minimum Gasteiger partial charge on any atom is -0.376 e. The topological polar surface area (TPSA) is 12.5 Å². The highest BCUT2D eigenvalue weighted by Crippen LogP contribution is 2.41. The van der Waals surface area contributed by atoms with E-state index >= 15 is 0 Å². The first kappa shape index (κ1) is 18.6. The van der Waals surface area contributed by atoms with Crippen molar-refractivity contribution in [3.8, 4) is 0 Å². The van der Waals surface area contributed by atoms with Crippen molar-refractivity contribution in [2.45, 2.75) is 44.8 Å². The molecule has 2 nitrogen and oxygen atoms in total. The van der Waals surface area contributed by atoms with Crippen LogP contribution in [-0.4, -0.2) is 24.6 Å². The van der Waals surface area contributed by atoms with Gasteiger partial charge in [0.05, 0.1) is 6.61 Å². The number of nitrogens with zero attached hydrogens (tertiary/aromatic N) is 1. The van der Waals surface area contributed by atoms with Gasteiger partial charge in [0.2, 0.25) is 0 Å². The van der Waals surface area contributed by atoms with Crippen molar-refractivity contribution < 1.29 is 13.5 Å². The Morgan fingerprint density at radius 1 is 0.963 bits per heavy atom. The molecule has 0 atom stereocenters. The third-order valence-electron chi connectivity index (χ3n) is 5.92. The molecule has 1 saturated heterocycles. The Bertz CT molecular complexity index is 749. The predicted octanol–water partition coefficient (Wildman–Crippen LogP) is 5.27. The van der Waals surface area contributed by atoms with E-state index in [-0.39, 0.29) is 6.61 Å². The van der Waals surface area contributed by atoms with Crippen LogP contribution in [0.25, 0.3) is 0 Å². The second-order valence-electron chi connectivity index (χ2n) is 8.01. The third-order valence-corrected chi connectivity index (χ3v) is 5.92. The molecular weight excluding hydrogens is 344 g/mol. The molecule has 1 heterocycles. The van der Waals surface area contributed by atoms with E-state index in [1.165, 1.54) is 49.2 Å². The Labute approximate surface area is 160 Å². The number of likely N-dealkylation sites (tertiary alicyclic amines) is 1. The maximum Gasteiger partial charge on any atom is 0.131 e. The molecule has 27 heavy (non-hydrogen) atoms. The van der Waals surface area contributed by atoms with Crippen LogP contribution in [0.3, 0.4) is 0 Å². The van der Waals surface area contributed by atoms with E-state index in [9.17, 15) is 8.78 Å². The van der Waals surface area contributed by atoms with Crippen molar-refractivity contribution in [2.75, 3.05) is 19.7 Å². The molecule has 0 bridgehead atoms. The molecule has 0 aromatic heterocycles. The summed E-state index contributed by atoms with van der Waals surface area (Å²) in [5, 5.41) is 0. The van der Waals surface area contributed by atoms with Gasteiger partial charge in [-0.25, -0.2) is 8.78 Å². The Hall–Kier alpha value is -1.78. The molecule has 0 N–H and O–H groups in total. The number of hydrogen-bond acceptors (Lipinski definition) is 2. The summed E-state index contributed by atoms with van der Waals surface area (Å²) in [5.74, 6) is 0.0600. The molecular formula is C23H27F2NO. The molecule has 0 unspecified atom stereocenters. The van der Waals surface area contributed by atoms with Gasteiger partial charge in [0.15, 0.2) is 0 Å². The van der Waals surface area contributed by atoms with Crippen LogP contribution >= 0.6 is 0 Å². The Morgan fingerprint density at radius 3 is 2.41 bits per heavy atom. The highest BCUT2D eigenvalue weighted by Gasteiger charge is 2.30. The zero-order chi connectivity index (χ0) is 18.6. The van der Waals surface area contributed by atoms with Crippen molar-refractivity contribution >= 4 is 0 Å². The Balaban J connectivity index is 1.19. The second-order valence-corrected chi connectivity index (χ2v) is 8.01. The smallest absolute Gasteiger partial charge is 0.131 e. The largest absolute Gasteiger partial charge is 0.376 e. The SMILES string of the molecule is Fc1ccc(COCC2CC(c3ccc(CN4CCCC4)cc3)C2)c(F)c1. The number of rotatable bonds is 7. The van der Waals surface area contributed by atoms with Gasteiger partial charge < -0.3 is 4.74 Å². The first-order valence-corrected chi connectivity index (χ1v) is 10.0. The molecule has 2 fully saturated rings. The van der Waals surface area contributed by atoms with E-state index in [1.807, 2.05) is 0 Å². The standard InChI is InChI=1S/C23H27F2NO/c24-22-8-7-20(23(25)13-22)16-27-15-18-11-21(12-18)19-5-3-17(4-6-19)14-26-9-1-2-10-26/h3-8,13,18,21H,1-2,9-12,14-16H2. The zero-order valence-electron chi connectivity index (χ0n) is 15.7. The Kier molecular flexibility index (Phi) is 5.84. The Morgan fingerprint density at radius 2 is 1.70 bits per heavy atom. The van der Waals surface area contributed by atoms with E-state index in [2.05, 4.69) is 29.2 Å².